The van der Waals surface area contributed by atoms with Crippen LogP contribution < -0.4 is 5.32 Å². The van der Waals surface area contributed by atoms with Gasteiger partial charge in [-0.25, -0.2) is 0 Å². The zero-order valence-electron chi connectivity index (χ0n) is 10.2. The summed E-state index contributed by atoms with van der Waals surface area (Å²) in [5.41, 5.74) is 1.22. The van der Waals surface area contributed by atoms with Gasteiger partial charge in [0, 0.05) is 18.4 Å². The molecule has 1 atom stereocenters. The smallest absolute Gasteiger partial charge is 0.0622 e. The molecular formula is C14H16Cl2N2. The minimum atomic E-state index is 0.0300. The fourth-order valence-electron chi connectivity index (χ4n) is 2.69. The molecular weight excluding hydrogens is 267 g/mol. The lowest BCUT2D eigenvalue weighted by atomic mass is 9.72. The maximum Gasteiger partial charge on any atom is 0.0622 e. The molecule has 1 heterocycles. The first kappa shape index (κ1) is 13.7. The Labute approximate surface area is 118 Å². The summed E-state index contributed by atoms with van der Waals surface area (Å²) in [7, 11) is 0. The van der Waals surface area contributed by atoms with Gasteiger partial charge in [0.1, 0.15) is 0 Å². The molecule has 0 bridgehead atoms. The average molecular weight is 283 g/mol. The van der Waals surface area contributed by atoms with Crippen LogP contribution in [0.15, 0.2) is 18.2 Å². The second-order valence-electron chi connectivity index (χ2n) is 4.85. The summed E-state index contributed by atoms with van der Waals surface area (Å²) in [6, 6.07) is 8.09. The van der Waals surface area contributed by atoms with Crippen molar-refractivity contribution in [3.05, 3.63) is 33.8 Å². The van der Waals surface area contributed by atoms with Gasteiger partial charge in [-0.3, -0.25) is 0 Å². The molecule has 1 aromatic rings. The molecule has 0 aromatic heterocycles. The van der Waals surface area contributed by atoms with Gasteiger partial charge < -0.3 is 5.32 Å². The van der Waals surface area contributed by atoms with Crippen LogP contribution in [0.4, 0.5) is 0 Å². The van der Waals surface area contributed by atoms with Crippen LogP contribution >= 0.6 is 23.2 Å². The summed E-state index contributed by atoms with van der Waals surface area (Å²) in [4.78, 5) is 0. The van der Waals surface area contributed by atoms with Crippen molar-refractivity contribution in [3.8, 4) is 6.07 Å². The van der Waals surface area contributed by atoms with Gasteiger partial charge in [0.2, 0.25) is 0 Å². The molecule has 1 aliphatic rings. The summed E-state index contributed by atoms with van der Waals surface area (Å²) >= 11 is 12.1. The molecule has 18 heavy (non-hydrogen) atoms. The van der Waals surface area contributed by atoms with Crippen LogP contribution in [0.25, 0.3) is 0 Å². The van der Waals surface area contributed by atoms with Gasteiger partial charge in [-0.1, -0.05) is 29.3 Å². The van der Waals surface area contributed by atoms with Crippen molar-refractivity contribution >= 4 is 23.2 Å². The van der Waals surface area contributed by atoms with Crippen molar-refractivity contribution in [1.82, 2.24) is 5.32 Å². The molecule has 0 amide bonds. The molecule has 0 aliphatic carbocycles. The fraction of sp³-hybridized carbons (Fsp3) is 0.500. The number of nitrogens with zero attached hydrogens (tertiary/aromatic N) is 1. The molecule has 0 saturated carbocycles. The van der Waals surface area contributed by atoms with E-state index in [1.165, 1.54) is 5.56 Å². The van der Waals surface area contributed by atoms with E-state index < -0.39 is 0 Å². The summed E-state index contributed by atoms with van der Waals surface area (Å²) in [6.07, 6.45) is 3.67. The fourth-order valence-corrected chi connectivity index (χ4v) is 2.99. The number of nitriles is 1. The monoisotopic (exact) mass is 282 g/mol. The van der Waals surface area contributed by atoms with Crippen LogP contribution in [0.5, 0.6) is 0 Å². The molecule has 1 aliphatic heterocycles. The van der Waals surface area contributed by atoms with Crippen LogP contribution in [-0.2, 0) is 5.41 Å². The van der Waals surface area contributed by atoms with Crippen molar-refractivity contribution in [2.75, 3.05) is 13.1 Å². The van der Waals surface area contributed by atoms with Gasteiger partial charge in [0.15, 0.2) is 0 Å². The van der Waals surface area contributed by atoms with Crippen molar-refractivity contribution in [2.24, 2.45) is 0 Å². The van der Waals surface area contributed by atoms with Gasteiger partial charge in [-0.05, 0) is 43.5 Å². The van der Waals surface area contributed by atoms with Crippen LogP contribution in [0.2, 0.25) is 10.0 Å². The quantitative estimate of drug-likeness (QED) is 0.912. The molecule has 0 unspecified atom stereocenters. The maximum absolute atomic E-state index is 8.84. The summed E-state index contributed by atoms with van der Waals surface area (Å²) in [5.74, 6) is 0. The SMILES string of the molecule is N#CCC[C@]1(c2ccc(Cl)c(Cl)c2)CCCNC1. The lowest BCUT2D eigenvalue weighted by Crippen LogP contribution is -2.43. The first-order valence-electron chi connectivity index (χ1n) is 6.21. The van der Waals surface area contributed by atoms with Gasteiger partial charge in [0.25, 0.3) is 0 Å². The highest BCUT2D eigenvalue weighted by molar-refractivity contribution is 6.42. The third kappa shape index (κ3) is 2.80. The first-order valence-corrected chi connectivity index (χ1v) is 6.97. The summed E-state index contributed by atoms with van der Waals surface area (Å²) < 4.78 is 0. The van der Waals surface area contributed by atoms with Crippen LogP contribution in [0.3, 0.4) is 0 Å². The van der Waals surface area contributed by atoms with Gasteiger partial charge in [0.05, 0.1) is 16.1 Å². The van der Waals surface area contributed by atoms with E-state index in [9.17, 15) is 0 Å². The van der Waals surface area contributed by atoms with Crippen molar-refractivity contribution in [1.29, 1.82) is 5.26 Å². The Morgan fingerprint density at radius 3 is 2.78 bits per heavy atom. The number of benzene rings is 1. The predicted molar refractivity (Wildman–Crippen MR) is 75.1 cm³/mol. The van der Waals surface area contributed by atoms with E-state index in [4.69, 9.17) is 28.5 Å². The molecule has 2 rings (SSSR count). The van der Waals surface area contributed by atoms with Crippen molar-refractivity contribution < 1.29 is 0 Å². The molecule has 1 saturated heterocycles. The Hall–Kier alpha value is -0.750. The minimum Gasteiger partial charge on any atom is -0.316 e. The van der Waals surface area contributed by atoms with Gasteiger partial charge >= 0.3 is 0 Å². The van der Waals surface area contributed by atoms with Gasteiger partial charge in [-0.15, -0.1) is 0 Å². The van der Waals surface area contributed by atoms with E-state index in [1.807, 2.05) is 18.2 Å². The van der Waals surface area contributed by atoms with E-state index in [0.717, 1.165) is 32.4 Å². The van der Waals surface area contributed by atoms with E-state index in [1.54, 1.807) is 0 Å². The van der Waals surface area contributed by atoms with Crippen LogP contribution in [-0.4, -0.2) is 13.1 Å². The van der Waals surface area contributed by atoms with E-state index in [2.05, 4.69) is 11.4 Å². The zero-order chi connectivity index (χ0) is 13.0. The first-order chi connectivity index (χ1) is 8.68. The highest BCUT2D eigenvalue weighted by Crippen LogP contribution is 2.38. The Morgan fingerprint density at radius 2 is 2.17 bits per heavy atom. The lowest BCUT2D eigenvalue weighted by Gasteiger charge is -2.38. The highest BCUT2D eigenvalue weighted by atomic mass is 35.5. The number of rotatable bonds is 3. The Bertz CT molecular complexity index is 459. The van der Waals surface area contributed by atoms with Crippen LogP contribution in [0.1, 0.15) is 31.2 Å². The molecule has 0 spiro atoms. The molecule has 1 fully saturated rings. The molecule has 96 valence electrons. The Kier molecular flexibility index (Phi) is 4.50. The number of hydrogen-bond acceptors (Lipinski definition) is 2. The maximum atomic E-state index is 8.84. The van der Waals surface area contributed by atoms with E-state index in [-0.39, 0.29) is 5.41 Å². The minimum absolute atomic E-state index is 0.0300. The topological polar surface area (TPSA) is 35.8 Å². The number of nitrogens with one attached hydrogen (secondary N) is 1. The second-order valence-corrected chi connectivity index (χ2v) is 5.66. The van der Waals surface area contributed by atoms with Crippen LogP contribution in [0, 0.1) is 11.3 Å². The predicted octanol–water partition coefficient (Wildman–Crippen LogP) is 3.92. The molecule has 0 radical (unpaired) electrons. The third-order valence-corrected chi connectivity index (χ3v) is 4.46. The zero-order valence-corrected chi connectivity index (χ0v) is 11.7. The number of piperidine rings is 1. The Balaban J connectivity index is 2.32. The average Bonchev–Trinajstić information content (AvgIpc) is 2.40. The standard InChI is InChI=1S/C14H16Cl2N2/c15-12-4-3-11(9-13(12)16)14(5-1-7-17)6-2-8-18-10-14/h3-4,9,18H,1-2,5-6,8,10H2/t14-/m0/s1. The lowest BCUT2D eigenvalue weighted by molar-refractivity contribution is 0.295. The highest BCUT2D eigenvalue weighted by Gasteiger charge is 2.33. The Morgan fingerprint density at radius 1 is 1.33 bits per heavy atom. The molecule has 1 aromatic carbocycles. The van der Waals surface area contributed by atoms with E-state index in [0.29, 0.717) is 16.5 Å². The van der Waals surface area contributed by atoms with Gasteiger partial charge in [-0.2, -0.15) is 5.26 Å². The number of halogens is 2. The normalized spacial score (nSPS) is 23.6. The number of hydrogen-bond donors (Lipinski definition) is 1. The van der Waals surface area contributed by atoms with E-state index >= 15 is 0 Å². The van der Waals surface area contributed by atoms with Crippen molar-refractivity contribution in [2.45, 2.75) is 31.1 Å². The second kappa shape index (κ2) is 5.93. The summed E-state index contributed by atoms with van der Waals surface area (Å²) in [6.45, 7) is 1.96. The largest absolute Gasteiger partial charge is 0.316 e. The summed E-state index contributed by atoms with van der Waals surface area (Å²) in [5, 5.41) is 13.4. The molecule has 2 nitrogen and oxygen atoms in total. The molecule has 4 heteroatoms. The third-order valence-electron chi connectivity index (χ3n) is 3.72. The van der Waals surface area contributed by atoms with Crippen molar-refractivity contribution in [3.63, 3.8) is 0 Å². The molecule has 1 N–H and O–H groups in total.